The van der Waals surface area contributed by atoms with Crippen molar-refractivity contribution in [1.82, 2.24) is 14.6 Å². The number of carbonyl (C=O) groups excluding carboxylic acids is 2. The fraction of sp³-hybridized carbons (Fsp3) is 0.480. The van der Waals surface area contributed by atoms with Crippen molar-refractivity contribution in [3.05, 3.63) is 36.2 Å². The summed E-state index contributed by atoms with van der Waals surface area (Å²) in [5, 5.41) is 1.22. The number of amides is 2. The summed E-state index contributed by atoms with van der Waals surface area (Å²) in [6, 6.07) is 2.61. The molecule has 11 heteroatoms. The lowest BCUT2D eigenvalue weighted by molar-refractivity contribution is -0.0772. The highest BCUT2D eigenvalue weighted by Crippen LogP contribution is 2.41. The number of hydrogen-bond donors (Lipinski definition) is 0. The van der Waals surface area contributed by atoms with Gasteiger partial charge in [0.25, 0.3) is 0 Å². The molecule has 1 aliphatic rings. The maximum Gasteiger partial charge on any atom is 0.414 e. The fourth-order valence-corrected chi connectivity index (χ4v) is 4.46. The number of ether oxygens (including phenoxy) is 2. The predicted octanol–water partition coefficient (Wildman–Crippen LogP) is 4.53. The zero-order valence-corrected chi connectivity index (χ0v) is 21.1. The first kappa shape index (κ1) is 25.6. The van der Waals surface area contributed by atoms with E-state index in [2.05, 4.69) is 4.98 Å². The van der Waals surface area contributed by atoms with E-state index in [1.807, 2.05) is 14.0 Å². The Bertz CT molecular complexity index is 1250. The summed E-state index contributed by atoms with van der Waals surface area (Å²) in [5.41, 5.74) is 0.998. The molecule has 0 radical (unpaired) electrons. The molecule has 194 valence electrons. The van der Waals surface area contributed by atoms with Gasteiger partial charge in [-0.25, -0.2) is 19.2 Å². The minimum atomic E-state index is -0.684. The van der Waals surface area contributed by atoms with Crippen molar-refractivity contribution in [1.29, 1.82) is 0 Å². The number of aryl methyl sites for hydroxylation is 1. The second-order valence-corrected chi connectivity index (χ2v) is 8.67. The summed E-state index contributed by atoms with van der Waals surface area (Å²) < 4.78 is 34.2. The second kappa shape index (κ2) is 10.7. The van der Waals surface area contributed by atoms with Crippen molar-refractivity contribution < 1.29 is 32.7 Å². The van der Waals surface area contributed by atoms with Crippen LogP contribution in [0.5, 0.6) is 0 Å². The van der Waals surface area contributed by atoms with Gasteiger partial charge in [-0.2, -0.15) is 0 Å². The normalized spacial score (nSPS) is 17.8. The van der Waals surface area contributed by atoms with E-state index in [-0.39, 0.29) is 41.2 Å². The Labute approximate surface area is 208 Å². The summed E-state index contributed by atoms with van der Waals surface area (Å²) in [5.74, 6) is -1.58. The van der Waals surface area contributed by atoms with Crippen LogP contribution in [0.15, 0.2) is 29.1 Å². The number of nitrogens with zero attached hydrogens (tertiary/aromatic N) is 4. The van der Waals surface area contributed by atoms with Gasteiger partial charge in [-0.05, 0) is 38.3 Å². The van der Waals surface area contributed by atoms with Crippen LogP contribution in [0.2, 0.25) is 0 Å². The molecule has 10 nitrogen and oxygen atoms in total. The van der Waals surface area contributed by atoms with Crippen LogP contribution in [0, 0.1) is 5.82 Å². The number of furan rings is 1. The van der Waals surface area contributed by atoms with Crippen molar-refractivity contribution >= 4 is 28.7 Å². The van der Waals surface area contributed by atoms with E-state index in [1.165, 1.54) is 25.1 Å². The first-order chi connectivity index (χ1) is 17.3. The largest absolute Gasteiger partial charge is 0.449 e. The van der Waals surface area contributed by atoms with Crippen LogP contribution < -0.4 is 4.90 Å². The van der Waals surface area contributed by atoms with Crippen LogP contribution in [0.4, 0.5) is 14.9 Å². The number of hydroxylamine groups is 2. The van der Waals surface area contributed by atoms with Gasteiger partial charge in [-0.1, -0.05) is 6.92 Å². The average molecular weight is 503 g/mol. The Kier molecular flexibility index (Phi) is 7.60. The van der Waals surface area contributed by atoms with E-state index in [0.29, 0.717) is 30.7 Å². The van der Waals surface area contributed by atoms with E-state index in [9.17, 15) is 9.59 Å². The monoisotopic (exact) mass is 502 g/mol. The lowest BCUT2D eigenvalue weighted by Gasteiger charge is -2.36. The molecule has 0 aliphatic carbocycles. The molecule has 0 saturated carbocycles. The summed E-state index contributed by atoms with van der Waals surface area (Å²) in [7, 11) is 4.54. The van der Waals surface area contributed by atoms with Crippen molar-refractivity contribution in [3.63, 3.8) is 0 Å². The highest BCUT2D eigenvalue weighted by molar-refractivity contribution is 6.11. The number of fused-ring (bicyclic) bond motifs is 1. The molecule has 2 unspecified atom stereocenters. The van der Waals surface area contributed by atoms with Gasteiger partial charge in [0.1, 0.15) is 5.69 Å². The Morgan fingerprint density at radius 2 is 2.08 bits per heavy atom. The third-order valence-corrected chi connectivity index (χ3v) is 6.34. The van der Waals surface area contributed by atoms with E-state index < -0.39 is 17.8 Å². The summed E-state index contributed by atoms with van der Waals surface area (Å²) in [6.45, 7) is 4.27. The number of rotatable bonds is 7. The third-order valence-electron chi connectivity index (χ3n) is 6.34. The van der Waals surface area contributed by atoms with Gasteiger partial charge >= 0.3 is 12.0 Å². The Morgan fingerprint density at radius 3 is 2.72 bits per heavy atom. The summed E-state index contributed by atoms with van der Waals surface area (Å²) >= 11 is 0. The molecule has 0 N–H and O–H groups in total. The molecular formula is C25H31FN4O6. The van der Waals surface area contributed by atoms with Gasteiger partial charge in [0.05, 0.1) is 31.8 Å². The fourth-order valence-electron chi connectivity index (χ4n) is 4.46. The molecule has 4 rings (SSSR count). The highest BCUT2D eigenvalue weighted by Gasteiger charge is 2.38. The van der Waals surface area contributed by atoms with E-state index in [1.54, 1.807) is 30.1 Å². The average Bonchev–Trinajstić information content (AvgIpc) is 3.48. The number of anilines is 1. The Hall–Kier alpha value is -3.44. The molecule has 1 aliphatic heterocycles. The van der Waals surface area contributed by atoms with E-state index in [4.69, 9.17) is 18.7 Å². The van der Waals surface area contributed by atoms with Gasteiger partial charge in [0.2, 0.25) is 5.76 Å². The number of aromatic nitrogens is 2. The summed E-state index contributed by atoms with van der Waals surface area (Å²) in [4.78, 5) is 37.5. The Balaban J connectivity index is 1.98. The van der Waals surface area contributed by atoms with Gasteiger partial charge in [0, 0.05) is 43.9 Å². The maximum absolute atomic E-state index is 15.4. The van der Waals surface area contributed by atoms with Crippen molar-refractivity contribution in [2.24, 2.45) is 7.05 Å². The molecule has 0 bridgehead atoms. The number of benzene rings is 1. The zero-order valence-electron chi connectivity index (χ0n) is 21.1. The van der Waals surface area contributed by atoms with Crippen molar-refractivity contribution in [3.8, 4) is 11.3 Å². The first-order valence-corrected chi connectivity index (χ1v) is 11.9. The number of hydrogen-bond acceptors (Lipinski definition) is 7. The van der Waals surface area contributed by atoms with E-state index in [0.717, 1.165) is 11.5 Å². The van der Waals surface area contributed by atoms with Crippen LogP contribution in [-0.2, 0) is 21.4 Å². The number of halogens is 1. The van der Waals surface area contributed by atoms with Crippen LogP contribution in [-0.4, -0.2) is 66.1 Å². The van der Waals surface area contributed by atoms with Gasteiger partial charge < -0.3 is 18.5 Å². The lowest BCUT2D eigenvalue weighted by Crippen LogP contribution is -2.46. The second-order valence-electron chi connectivity index (χ2n) is 8.67. The molecule has 2 atom stereocenters. The third kappa shape index (κ3) is 4.80. The molecule has 1 aromatic carbocycles. The molecule has 2 amide bonds. The number of imidazole rings is 1. The minimum Gasteiger partial charge on any atom is -0.449 e. The van der Waals surface area contributed by atoms with Gasteiger partial charge in [-0.3, -0.25) is 14.5 Å². The predicted molar refractivity (Wildman–Crippen MR) is 130 cm³/mol. The van der Waals surface area contributed by atoms with Gasteiger partial charge in [-0.15, -0.1) is 0 Å². The van der Waals surface area contributed by atoms with Crippen LogP contribution in [0.3, 0.4) is 0 Å². The lowest BCUT2D eigenvalue weighted by atomic mass is 9.98. The first-order valence-electron chi connectivity index (χ1n) is 11.9. The standard InChI is InChI=1S/C25H31FN4O6/c1-6-17-12-16(8-9-35-17)30(25(32)34-7-2)21-18-10-15(20-13-28(3)14-27-20)11-19(26)22(18)36-23(21)24(31)29(4)33-5/h10-11,13-14,16-17H,6-9,12H2,1-5H3. The van der Waals surface area contributed by atoms with Gasteiger partial charge in [0.15, 0.2) is 11.4 Å². The van der Waals surface area contributed by atoms with Crippen molar-refractivity contribution in [2.45, 2.75) is 45.3 Å². The SMILES string of the molecule is CCOC(=O)N(c1c(C(=O)N(C)OC)oc2c(F)cc(-c3cn(C)cn3)cc12)C1CCOC(CC)C1. The Morgan fingerprint density at radius 1 is 1.31 bits per heavy atom. The molecule has 3 aromatic rings. The molecule has 3 heterocycles. The summed E-state index contributed by atoms with van der Waals surface area (Å²) in [6.07, 6.45) is 4.43. The molecular weight excluding hydrogens is 471 g/mol. The maximum atomic E-state index is 15.4. The van der Waals surface area contributed by atoms with Crippen LogP contribution in [0.1, 0.15) is 43.7 Å². The molecule has 1 saturated heterocycles. The minimum absolute atomic E-state index is 0.0690. The highest BCUT2D eigenvalue weighted by atomic mass is 19.1. The zero-order chi connectivity index (χ0) is 26.0. The van der Waals surface area contributed by atoms with Crippen LogP contribution >= 0.6 is 0 Å². The number of carbonyl (C=O) groups is 2. The molecule has 2 aromatic heterocycles. The smallest absolute Gasteiger partial charge is 0.414 e. The van der Waals surface area contributed by atoms with Crippen LogP contribution in [0.25, 0.3) is 22.2 Å². The van der Waals surface area contributed by atoms with E-state index >= 15 is 4.39 Å². The molecule has 0 spiro atoms. The molecule has 36 heavy (non-hydrogen) atoms. The topological polar surface area (TPSA) is 99.3 Å². The van der Waals surface area contributed by atoms with Crippen molar-refractivity contribution in [2.75, 3.05) is 32.3 Å². The quantitative estimate of drug-likeness (QED) is 0.438. The molecule has 1 fully saturated rings.